The summed E-state index contributed by atoms with van der Waals surface area (Å²) in [6, 6.07) is 8.93. The van der Waals surface area contributed by atoms with Gasteiger partial charge in [0.05, 0.1) is 6.08 Å². The third kappa shape index (κ3) is 3.57. The SMILES string of the molecule is O=C(O)OC(Cc1ccccc1)C1=CCC([N+](=O)[O-])([N+](=O)[O-])C=C1. The van der Waals surface area contributed by atoms with Crippen LogP contribution in [0.15, 0.2) is 54.1 Å². The van der Waals surface area contributed by atoms with Gasteiger partial charge in [0, 0.05) is 6.42 Å². The molecule has 0 bridgehead atoms. The van der Waals surface area contributed by atoms with Gasteiger partial charge >= 0.3 is 11.8 Å². The molecule has 0 saturated heterocycles. The molecule has 1 unspecified atom stereocenters. The van der Waals surface area contributed by atoms with E-state index in [1.807, 2.05) is 0 Å². The normalized spacial score (nSPS) is 16.8. The Hall–Kier alpha value is -3.23. The zero-order valence-corrected chi connectivity index (χ0v) is 12.4. The fourth-order valence-corrected chi connectivity index (χ4v) is 2.39. The molecular formula is C15H14N2O7. The van der Waals surface area contributed by atoms with E-state index >= 15 is 0 Å². The standard InChI is InChI=1S/C15H14N2O7/c18-14(19)24-13(10-11-4-2-1-3-5-11)12-6-8-15(9-7-12,16(20)21)17(22)23/h1-8,13H,9-10H2,(H,18,19). The Morgan fingerprint density at radius 2 is 1.88 bits per heavy atom. The van der Waals surface area contributed by atoms with Crippen molar-refractivity contribution in [2.24, 2.45) is 0 Å². The second kappa shape index (κ2) is 6.90. The minimum Gasteiger partial charge on any atom is -0.450 e. The van der Waals surface area contributed by atoms with E-state index in [0.29, 0.717) is 5.57 Å². The number of nitrogens with zero attached hydrogens (tertiary/aromatic N) is 2. The van der Waals surface area contributed by atoms with Gasteiger partial charge in [0.1, 0.15) is 22.4 Å². The van der Waals surface area contributed by atoms with E-state index in [-0.39, 0.29) is 6.42 Å². The predicted molar refractivity (Wildman–Crippen MR) is 81.6 cm³/mol. The molecule has 1 aromatic carbocycles. The summed E-state index contributed by atoms with van der Waals surface area (Å²) in [4.78, 5) is 31.0. The molecule has 9 nitrogen and oxygen atoms in total. The number of ether oxygens (including phenoxy) is 1. The summed E-state index contributed by atoms with van der Waals surface area (Å²) >= 11 is 0. The summed E-state index contributed by atoms with van der Waals surface area (Å²) in [7, 11) is 0. The van der Waals surface area contributed by atoms with Gasteiger partial charge in [-0.25, -0.2) is 4.79 Å². The van der Waals surface area contributed by atoms with Crippen LogP contribution in [-0.4, -0.2) is 32.9 Å². The number of carbonyl (C=O) groups is 1. The Labute approximate surface area is 136 Å². The van der Waals surface area contributed by atoms with Gasteiger partial charge in [-0.15, -0.1) is 0 Å². The average molecular weight is 334 g/mol. The van der Waals surface area contributed by atoms with Crippen molar-refractivity contribution in [3.63, 3.8) is 0 Å². The lowest BCUT2D eigenvalue weighted by atomic mass is 9.92. The van der Waals surface area contributed by atoms with Gasteiger partial charge in [0.2, 0.25) is 0 Å². The van der Waals surface area contributed by atoms with E-state index in [1.54, 1.807) is 30.3 Å². The summed E-state index contributed by atoms with van der Waals surface area (Å²) in [5.74, 6) is 0. The number of nitro groups is 2. The second-order valence-corrected chi connectivity index (χ2v) is 5.20. The monoisotopic (exact) mass is 334 g/mol. The van der Waals surface area contributed by atoms with E-state index in [9.17, 15) is 25.0 Å². The van der Waals surface area contributed by atoms with Gasteiger partial charge in [0.15, 0.2) is 0 Å². The number of hydrogen-bond donors (Lipinski definition) is 1. The van der Waals surface area contributed by atoms with Gasteiger partial charge in [-0.3, -0.25) is 20.2 Å². The first-order chi connectivity index (χ1) is 11.3. The molecule has 0 radical (unpaired) electrons. The average Bonchev–Trinajstić information content (AvgIpc) is 2.54. The first-order valence-corrected chi connectivity index (χ1v) is 6.97. The molecule has 126 valence electrons. The summed E-state index contributed by atoms with van der Waals surface area (Å²) in [6.07, 6.45) is 0.669. The zero-order chi connectivity index (χ0) is 17.7. The first kappa shape index (κ1) is 17.1. The van der Waals surface area contributed by atoms with Gasteiger partial charge in [-0.2, -0.15) is 0 Å². The molecule has 1 atom stereocenters. The van der Waals surface area contributed by atoms with Gasteiger partial charge in [0.25, 0.3) is 0 Å². The highest BCUT2D eigenvalue weighted by Crippen LogP contribution is 2.28. The molecule has 1 N–H and O–H groups in total. The highest BCUT2D eigenvalue weighted by atomic mass is 16.7. The van der Waals surface area contributed by atoms with Crippen molar-refractivity contribution in [3.8, 4) is 0 Å². The summed E-state index contributed by atoms with van der Waals surface area (Å²) < 4.78 is 4.84. The van der Waals surface area contributed by atoms with Crippen molar-refractivity contribution in [1.29, 1.82) is 0 Å². The van der Waals surface area contributed by atoms with Crippen molar-refractivity contribution in [3.05, 3.63) is 79.9 Å². The van der Waals surface area contributed by atoms with Crippen molar-refractivity contribution >= 4 is 6.16 Å². The van der Waals surface area contributed by atoms with Crippen LogP contribution in [0.5, 0.6) is 0 Å². The molecule has 0 aromatic heterocycles. The van der Waals surface area contributed by atoms with E-state index in [0.717, 1.165) is 11.6 Å². The van der Waals surface area contributed by atoms with Crippen molar-refractivity contribution < 1.29 is 24.5 Å². The molecule has 24 heavy (non-hydrogen) atoms. The summed E-state index contributed by atoms with van der Waals surface area (Å²) in [6.45, 7) is 0. The van der Waals surface area contributed by atoms with Crippen molar-refractivity contribution in [2.45, 2.75) is 24.6 Å². The van der Waals surface area contributed by atoms with Crippen LogP contribution in [0.3, 0.4) is 0 Å². The van der Waals surface area contributed by atoms with Gasteiger partial charge in [-0.05, 0) is 17.2 Å². The fraction of sp³-hybridized carbons (Fsp3) is 0.267. The smallest absolute Gasteiger partial charge is 0.450 e. The molecule has 1 aromatic rings. The Kier molecular flexibility index (Phi) is 4.93. The Bertz CT molecular complexity index is 698. The molecule has 0 saturated carbocycles. The molecule has 0 aliphatic heterocycles. The van der Waals surface area contributed by atoms with Crippen LogP contribution >= 0.6 is 0 Å². The minimum atomic E-state index is -2.43. The third-order valence-corrected chi connectivity index (χ3v) is 3.69. The lowest BCUT2D eigenvalue weighted by Gasteiger charge is -2.21. The molecular weight excluding hydrogens is 320 g/mol. The lowest BCUT2D eigenvalue weighted by molar-refractivity contribution is -0.780. The van der Waals surface area contributed by atoms with E-state index in [2.05, 4.69) is 0 Å². The maximum atomic E-state index is 11.0. The van der Waals surface area contributed by atoms with E-state index in [4.69, 9.17) is 9.84 Å². The Balaban J connectivity index is 2.24. The lowest BCUT2D eigenvalue weighted by Crippen LogP contribution is -2.45. The Morgan fingerprint density at radius 1 is 1.25 bits per heavy atom. The highest BCUT2D eigenvalue weighted by molar-refractivity contribution is 5.58. The number of benzene rings is 1. The minimum absolute atomic E-state index is 0.216. The maximum Gasteiger partial charge on any atom is 0.506 e. The van der Waals surface area contributed by atoms with Crippen LogP contribution in [-0.2, 0) is 11.2 Å². The van der Waals surface area contributed by atoms with Crippen LogP contribution < -0.4 is 0 Å². The molecule has 2 rings (SSSR count). The van der Waals surface area contributed by atoms with Crippen LogP contribution in [0.25, 0.3) is 0 Å². The molecule has 0 heterocycles. The van der Waals surface area contributed by atoms with Crippen LogP contribution in [0.4, 0.5) is 4.79 Å². The van der Waals surface area contributed by atoms with Crippen LogP contribution in [0, 0.1) is 20.2 Å². The summed E-state index contributed by atoms with van der Waals surface area (Å²) in [5.41, 5.74) is -1.27. The number of hydrogen-bond acceptors (Lipinski definition) is 6. The maximum absolute atomic E-state index is 11.0. The summed E-state index contributed by atoms with van der Waals surface area (Å²) in [5, 5.41) is 30.9. The van der Waals surface area contributed by atoms with E-state index in [1.165, 1.54) is 12.2 Å². The van der Waals surface area contributed by atoms with Crippen LogP contribution in [0.2, 0.25) is 0 Å². The second-order valence-electron chi connectivity index (χ2n) is 5.20. The Morgan fingerprint density at radius 3 is 2.33 bits per heavy atom. The van der Waals surface area contributed by atoms with Gasteiger partial charge < -0.3 is 9.84 Å². The van der Waals surface area contributed by atoms with Gasteiger partial charge in [-0.1, -0.05) is 36.4 Å². The topological polar surface area (TPSA) is 133 Å². The number of carboxylic acid groups (broad SMARTS) is 1. The fourth-order valence-electron chi connectivity index (χ4n) is 2.39. The van der Waals surface area contributed by atoms with Crippen molar-refractivity contribution in [2.75, 3.05) is 0 Å². The molecule has 0 fully saturated rings. The van der Waals surface area contributed by atoms with Crippen LogP contribution in [0.1, 0.15) is 12.0 Å². The quantitative estimate of drug-likeness (QED) is 0.365. The predicted octanol–water partition coefficient (Wildman–Crippen LogP) is 2.43. The molecule has 1 aliphatic rings. The van der Waals surface area contributed by atoms with E-state index < -0.39 is 34.2 Å². The van der Waals surface area contributed by atoms with Crippen molar-refractivity contribution in [1.82, 2.24) is 0 Å². The largest absolute Gasteiger partial charge is 0.506 e. The molecule has 0 amide bonds. The highest BCUT2D eigenvalue weighted by Gasteiger charge is 2.54. The third-order valence-electron chi connectivity index (χ3n) is 3.69. The molecule has 1 aliphatic carbocycles. The number of rotatable bonds is 6. The molecule has 0 spiro atoms. The molecule has 9 heteroatoms. The zero-order valence-electron chi connectivity index (χ0n) is 12.4. The first-order valence-electron chi connectivity index (χ1n) is 6.97.